The molecule has 0 aliphatic carbocycles. The maximum atomic E-state index is 9.19. The lowest BCUT2D eigenvalue weighted by atomic mass is 10.3. The highest BCUT2D eigenvalue weighted by atomic mass is 16.3. The van der Waals surface area contributed by atoms with E-state index < -0.39 is 0 Å². The van der Waals surface area contributed by atoms with Crippen LogP contribution in [0, 0.1) is 5.41 Å². The number of hydrogen-bond acceptors (Lipinski definition) is 3. The van der Waals surface area contributed by atoms with Crippen LogP contribution in [0.2, 0.25) is 0 Å². The summed E-state index contributed by atoms with van der Waals surface area (Å²) in [7, 11) is 0. The summed E-state index contributed by atoms with van der Waals surface area (Å²) in [5.74, 6) is 0. The third-order valence-electron chi connectivity index (χ3n) is 4.14. The molecule has 5 nitrogen and oxygen atoms in total. The Balaban J connectivity index is 1.92. The van der Waals surface area contributed by atoms with E-state index in [0.29, 0.717) is 12.2 Å². The summed E-state index contributed by atoms with van der Waals surface area (Å²) in [6, 6.07) is 8.08. The second-order valence-corrected chi connectivity index (χ2v) is 5.39. The Kier molecular flexibility index (Phi) is 3.89. The first-order valence-corrected chi connectivity index (χ1v) is 7.37. The fraction of sp³-hybridized carbons (Fsp3) is 0.533. The van der Waals surface area contributed by atoms with Crippen LogP contribution in [0.4, 0.5) is 0 Å². The zero-order valence-electron chi connectivity index (χ0n) is 11.8. The first-order valence-electron chi connectivity index (χ1n) is 7.37. The summed E-state index contributed by atoms with van der Waals surface area (Å²) < 4.78 is 3.95. The number of nitrogens with zero attached hydrogens (tertiary/aromatic N) is 3. The molecule has 0 atom stereocenters. The van der Waals surface area contributed by atoms with Crippen LogP contribution in [0.1, 0.15) is 12.8 Å². The van der Waals surface area contributed by atoms with Gasteiger partial charge in [-0.15, -0.1) is 0 Å². The van der Waals surface area contributed by atoms with Crippen LogP contribution in [0.5, 0.6) is 0 Å². The number of likely N-dealkylation sites (tertiary alicyclic amines) is 1. The summed E-state index contributed by atoms with van der Waals surface area (Å²) >= 11 is 0. The molecular weight excluding hydrogens is 252 g/mol. The van der Waals surface area contributed by atoms with Crippen molar-refractivity contribution in [3.05, 3.63) is 29.9 Å². The number of aliphatic hydroxyl groups is 1. The molecule has 1 aromatic carbocycles. The standard InChI is InChI=1S/C15H22N4O/c16-15-18(10-9-17-7-3-4-8-17)13-5-1-2-6-14(13)19(15)11-12-20/h1-2,5-6,16,20H,3-4,7-12H2. The molecule has 0 spiro atoms. The molecule has 0 saturated carbocycles. The second kappa shape index (κ2) is 5.81. The van der Waals surface area contributed by atoms with Gasteiger partial charge in [0.05, 0.1) is 17.6 Å². The molecule has 0 unspecified atom stereocenters. The first-order chi connectivity index (χ1) is 9.81. The van der Waals surface area contributed by atoms with Crippen molar-refractivity contribution in [2.24, 2.45) is 0 Å². The average Bonchev–Trinajstić information content (AvgIpc) is 3.06. The molecule has 1 aromatic heterocycles. The highest BCUT2D eigenvalue weighted by molar-refractivity contribution is 5.75. The summed E-state index contributed by atoms with van der Waals surface area (Å²) in [6.45, 7) is 4.76. The zero-order chi connectivity index (χ0) is 13.9. The van der Waals surface area contributed by atoms with Gasteiger partial charge < -0.3 is 19.1 Å². The van der Waals surface area contributed by atoms with E-state index in [1.807, 2.05) is 22.8 Å². The fourth-order valence-corrected chi connectivity index (χ4v) is 3.09. The summed E-state index contributed by atoms with van der Waals surface area (Å²) in [5, 5.41) is 17.5. The van der Waals surface area contributed by atoms with E-state index in [1.54, 1.807) is 0 Å². The van der Waals surface area contributed by atoms with Crippen LogP contribution < -0.4 is 5.62 Å². The van der Waals surface area contributed by atoms with Gasteiger partial charge in [-0.1, -0.05) is 12.1 Å². The number of fused-ring (bicyclic) bond motifs is 1. The molecule has 1 aliphatic rings. The monoisotopic (exact) mass is 274 g/mol. The van der Waals surface area contributed by atoms with Crippen LogP contribution in [-0.4, -0.2) is 45.4 Å². The minimum absolute atomic E-state index is 0.0662. The van der Waals surface area contributed by atoms with E-state index >= 15 is 0 Å². The molecular formula is C15H22N4O. The fourth-order valence-electron chi connectivity index (χ4n) is 3.09. The smallest absolute Gasteiger partial charge is 0.203 e. The van der Waals surface area contributed by atoms with Crippen molar-refractivity contribution in [1.82, 2.24) is 14.0 Å². The lowest BCUT2D eigenvalue weighted by Crippen LogP contribution is -2.31. The van der Waals surface area contributed by atoms with Gasteiger partial charge in [0.15, 0.2) is 0 Å². The number of benzene rings is 1. The lowest BCUT2D eigenvalue weighted by molar-refractivity contribution is 0.273. The largest absolute Gasteiger partial charge is 0.395 e. The Morgan fingerprint density at radius 1 is 0.950 bits per heavy atom. The molecule has 1 fully saturated rings. The summed E-state index contributed by atoms with van der Waals surface area (Å²) in [6.07, 6.45) is 2.59. The predicted molar refractivity (Wildman–Crippen MR) is 78.5 cm³/mol. The molecule has 0 radical (unpaired) electrons. The summed E-state index contributed by atoms with van der Waals surface area (Å²) in [4.78, 5) is 2.46. The number of para-hydroxylation sites is 2. The molecule has 0 amide bonds. The van der Waals surface area contributed by atoms with Crippen LogP contribution in [0.15, 0.2) is 24.3 Å². The Hall–Kier alpha value is -1.59. The number of hydrogen-bond donors (Lipinski definition) is 2. The van der Waals surface area contributed by atoms with E-state index in [2.05, 4.69) is 15.5 Å². The number of imidazole rings is 1. The normalized spacial score (nSPS) is 16.2. The Labute approximate surface area is 118 Å². The molecule has 3 rings (SSSR count). The minimum atomic E-state index is 0.0662. The molecule has 2 N–H and O–H groups in total. The highest BCUT2D eigenvalue weighted by Gasteiger charge is 2.14. The van der Waals surface area contributed by atoms with Crippen molar-refractivity contribution in [3.8, 4) is 0 Å². The van der Waals surface area contributed by atoms with Gasteiger partial charge in [-0.25, -0.2) is 0 Å². The lowest BCUT2D eigenvalue weighted by Gasteiger charge is -2.15. The number of nitrogens with one attached hydrogen (secondary N) is 1. The van der Waals surface area contributed by atoms with Crippen molar-refractivity contribution in [2.45, 2.75) is 25.9 Å². The summed E-state index contributed by atoms with van der Waals surface area (Å²) in [5.41, 5.74) is 2.61. The Morgan fingerprint density at radius 3 is 2.15 bits per heavy atom. The molecule has 108 valence electrons. The molecule has 1 aliphatic heterocycles. The van der Waals surface area contributed by atoms with Crippen molar-refractivity contribution >= 4 is 11.0 Å². The van der Waals surface area contributed by atoms with E-state index in [-0.39, 0.29) is 6.61 Å². The van der Waals surface area contributed by atoms with Gasteiger partial charge in [0.1, 0.15) is 0 Å². The highest BCUT2D eigenvalue weighted by Crippen LogP contribution is 2.13. The molecule has 2 heterocycles. The molecule has 1 saturated heterocycles. The van der Waals surface area contributed by atoms with Crippen LogP contribution in [0.3, 0.4) is 0 Å². The minimum Gasteiger partial charge on any atom is -0.395 e. The SMILES string of the molecule is N=c1n(CCO)c2ccccc2n1CCN1CCCC1. The van der Waals surface area contributed by atoms with Gasteiger partial charge in [-0.05, 0) is 38.1 Å². The van der Waals surface area contributed by atoms with Gasteiger partial charge in [0.25, 0.3) is 0 Å². The van der Waals surface area contributed by atoms with Crippen molar-refractivity contribution in [1.29, 1.82) is 5.41 Å². The predicted octanol–water partition coefficient (Wildman–Crippen LogP) is 1.01. The maximum absolute atomic E-state index is 9.19. The number of rotatable bonds is 5. The second-order valence-electron chi connectivity index (χ2n) is 5.39. The molecule has 0 bridgehead atoms. The van der Waals surface area contributed by atoms with E-state index in [9.17, 15) is 5.11 Å². The Bertz CT molecular complexity index is 637. The Morgan fingerprint density at radius 2 is 1.55 bits per heavy atom. The van der Waals surface area contributed by atoms with Crippen LogP contribution >= 0.6 is 0 Å². The van der Waals surface area contributed by atoms with E-state index in [1.165, 1.54) is 25.9 Å². The topological polar surface area (TPSA) is 57.2 Å². The van der Waals surface area contributed by atoms with Gasteiger partial charge in [0, 0.05) is 19.6 Å². The van der Waals surface area contributed by atoms with Crippen LogP contribution in [0.25, 0.3) is 11.0 Å². The van der Waals surface area contributed by atoms with Gasteiger partial charge in [-0.2, -0.15) is 0 Å². The number of aromatic nitrogens is 2. The first kappa shape index (κ1) is 13.4. The van der Waals surface area contributed by atoms with Crippen molar-refractivity contribution in [2.75, 3.05) is 26.2 Å². The maximum Gasteiger partial charge on any atom is 0.203 e. The third-order valence-corrected chi connectivity index (χ3v) is 4.14. The van der Waals surface area contributed by atoms with Crippen molar-refractivity contribution in [3.63, 3.8) is 0 Å². The van der Waals surface area contributed by atoms with Crippen molar-refractivity contribution < 1.29 is 5.11 Å². The molecule has 5 heteroatoms. The van der Waals surface area contributed by atoms with E-state index in [4.69, 9.17) is 5.41 Å². The average molecular weight is 274 g/mol. The number of aliphatic hydroxyl groups excluding tert-OH is 1. The van der Waals surface area contributed by atoms with Gasteiger partial charge in [-0.3, -0.25) is 5.41 Å². The van der Waals surface area contributed by atoms with Gasteiger partial charge >= 0.3 is 0 Å². The third kappa shape index (κ3) is 2.39. The van der Waals surface area contributed by atoms with Crippen LogP contribution in [-0.2, 0) is 13.1 Å². The zero-order valence-corrected chi connectivity index (χ0v) is 11.8. The molecule has 2 aromatic rings. The molecule has 20 heavy (non-hydrogen) atoms. The van der Waals surface area contributed by atoms with E-state index in [0.717, 1.165) is 24.1 Å². The quantitative estimate of drug-likeness (QED) is 0.855. The van der Waals surface area contributed by atoms with Gasteiger partial charge in [0.2, 0.25) is 5.62 Å².